The number of carbonyl (C=O) groups excluding carboxylic acids is 1. The second kappa shape index (κ2) is 7.46. The normalized spacial score (nSPS) is 21.0. The molecule has 0 spiro atoms. The van der Waals surface area contributed by atoms with Gasteiger partial charge in [-0.2, -0.15) is 0 Å². The van der Waals surface area contributed by atoms with E-state index in [0.29, 0.717) is 25.2 Å². The molecule has 0 atom stereocenters. The number of carbonyl (C=O) groups is 1. The highest BCUT2D eigenvalue weighted by Crippen LogP contribution is 2.45. The topological polar surface area (TPSA) is 66.5 Å². The van der Waals surface area contributed by atoms with Crippen molar-refractivity contribution in [2.24, 2.45) is 11.3 Å². The second-order valence-corrected chi connectivity index (χ2v) is 9.75. The van der Waals surface area contributed by atoms with Gasteiger partial charge in [-0.3, -0.25) is 4.79 Å². The predicted octanol–water partition coefficient (Wildman–Crippen LogP) is 2.65. The Morgan fingerprint density at radius 1 is 1.20 bits per heavy atom. The summed E-state index contributed by atoms with van der Waals surface area (Å²) in [5.74, 6) is 0.871. The molecule has 0 bridgehead atoms. The van der Waals surface area contributed by atoms with E-state index < -0.39 is 10.0 Å². The second-order valence-electron chi connectivity index (χ2n) is 7.50. The first-order valence-electron chi connectivity index (χ1n) is 9.25. The summed E-state index contributed by atoms with van der Waals surface area (Å²) in [5.41, 5.74) is 0.709. The Bertz CT molecular complexity index is 691. The molecule has 1 aliphatic carbocycles. The van der Waals surface area contributed by atoms with Crippen LogP contribution < -0.4 is 5.32 Å². The first-order valence-corrected chi connectivity index (χ1v) is 10.9. The lowest BCUT2D eigenvalue weighted by atomic mass is 9.74. The quantitative estimate of drug-likeness (QED) is 0.809. The molecular weight excluding hydrogens is 336 g/mol. The first kappa shape index (κ1) is 18.4. The van der Waals surface area contributed by atoms with E-state index in [-0.39, 0.29) is 17.1 Å². The van der Waals surface area contributed by atoms with Crippen molar-refractivity contribution in [3.8, 4) is 0 Å². The highest BCUT2D eigenvalue weighted by molar-refractivity contribution is 7.89. The smallest absolute Gasteiger partial charge is 0.251 e. The minimum absolute atomic E-state index is 0.0331. The molecule has 1 aromatic carbocycles. The fourth-order valence-corrected chi connectivity index (χ4v) is 4.87. The van der Waals surface area contributed by atoms with E-state index in [4.69, 9.17) is 0 Å². The van der Waals surface area contributed by atoms with Crippen LogP contribution in [0.2, 0.25) is 0 Å². The van der Waals surface area contributed by atoms with E-state index in [1.54, 1.807) is 11.2 Å². The Morgan fingerprint density at radius 3 is 2.40 bits per heavy atom. The molecule has 2 fully saturated rings. The largest absolute Gasteiger partial charge is 0.351 e. The fourth-order valence-electron chi connectivity index (χ4n) is 3.77. The zero-order valence-corrected chi connectivity index (χ0v) is 15.7. The maximum atomic E-state index is 12.4. The number of nitrogens with one attached hydrogen (secondary N) is 1. The monoisotopic (exact) mass is 364 g/mol. The van der Waals surface area contributed by atoms with Crippen LogP contribution in [-0.4, -0.2) is 44.0 Å². The molecule has 6 heteroatoms. The molecule has 1 saturated carbocycles. The molecule has 2 aliphatic rings. The van der Waals surface area contributed by atoms with E-state index in [1.807, 2.05) is 30.3 Å². The van der Waals surface area contributed by atoms with Crippen LogP contribution in [0.1, 0.15) is 49.4 Å². The van der Waals surface area contributed by atoms with Crippen molar-refractivity contribution in [1.29, 1.82) is 0 Å². The summed E-state index contributed by atoms with van der Waals surface area (Å²) in [5, 5.41) is 3.10. The molecule has 1 heterocycles. The Hall–Kier alpha value is -1.40. The predicted molar refractivity (Wildman–Crippen MR) is 98.8 cm³/mol. The number of rotatable bonds is 7. The van der Waals surface area contributed by atoms with Gasteiger partial charge in [0.25, 0.3) is 5.91 Å². The van der Waals surface area contributed by atoms with E-state index in [1.165, 1.54) is 12.8 Å². The van der Waals surface area contributed by atoms with Crippen LogP contribution in [0.15, 0.2) is 30.3 Å². The zero-order valence-electron chi connectivity index (χ0n) is 14.9. The van der Waals surface area contributed by atoms with E-state index in [9.17, 15) is 13.2 Å². The van der Waals surface area contributed by atoms with Crippen molar-refractivity contribution in [2.45, 2.75) is 39.0 Å². The summed E-state index contributed by atoms with van der Waals surface area (Å²) < 4.78 is 25.8. The number of hydrogen-bond acceptors (Lipinski definition) is 3. The minimum atomic E-state index is -3.11. The third-order valence-corrected chi connectivity index (χ3v) is 7.50. The molecule has 1 aromatic rings. The molecule has 25 heavy (non-hydrogen) atoms. The van der Waals surface area contributed by atoms with Crippen molar-refractivity contribution in [3.63, 3.8) is 0 Å². The lowest BCUT2D eigenvalue weighted by molar-refractivity contribution is 0.0871. The average molecular weight is 365 g/mol. The first-order chi connectivity index (χ1) is 11.9. The average Bonchev–Trinajstić information content (AvgIpc) is 3.45. The molecule has 5 nitrogen and oxygen atoms in total. The van der Waals surface area contributed by atoms with Gasteiger partial charge in [0.15, 0.2) is 0 Å². The Kier molecular flexibility index (Phi) is 5.49. The summed E-state index contributed by atoms with van der Waals surface area (Å²) in [6, 6.07) is 9.26. The number of nitrogens with zero attached hydrogens (tertiary/aromatic N) is 1. The highest BCUT2D eigenvalue weighted by Gasteiger charge is 2.41. The summed E-state index contributed by atoms with van der Waals surface area (Å²) in [4.78, 5) is 12.4. The van der Waals surface area contributed by atoms with Gasteiger partial charge in [0.2, 0.25) is 10.0 Å². The number of benzene rings is 1. The number of sulfonamides is 1. The van der Waals surface area contributed by atoms with Gasteiger partial charge in [0.05, 0.1) is 5.75 Å². The third kappa shape index (κ3) is 4.61. The van der Waals surface area contributed by atoms with Gasteiger partial charge < -0.3 is 5.32 Å². The lowest BCUT2D eigenvalue weighted by Gasteiger charge is -2.41. The van der Waals surface area contributed by atoms with Crippen LogP contribution in [-0.2, 0) is 10.0 Å². The third-order valence-electron chi connectivity index (χ3n) is 5.62. The van der Waals surface area contributed by atoms with Crippen molar-refractivity contribution in [3.05, 3.63) is 35.9 Å². The SMILES string of the molecule is CCS(=O)(=O)N1CCC(CNC(=O)c2ccccc2)(CC2CC2)CC1. The van der Waals surface area contributed by atoms with Gasteiger partial charge in [-0.05, 0) is 49.7 Å². The molecule has 1 N–H and O–H groups in total. The molecule has 1 amide bonds. The van der Waals surface area contributed by atoms with Gasteiger partial charge in [-0.1, -0.05) is 31.0 Å². The number of amides is 1. The van der Waals surface area contributed by atoms with Gasteiger partial charge in [-0.15, -0.1) is 0 Å². The molecule has 3 rings (SSSR count). The summed E-state index contributed by atoms with van der Waals surface area (Å²) in [6.45, 7) is 3.48. The van der Waals surface area contributed by atoms with Crippen LogP contribution in [0.4, 0.5) is 0 Å². The standard InChI is InChI=1S/C19H28N2O3S/c1-2-25(23,24)21-12-10-19(11-13-21,14-16-8-9-16)15-20-18(22)17-6-4-3-5-7-17/h3-7,16H,2,8-15H2,1H3,(H,20,22). The Balaban J connectivity index is 1.63. The molecule has 0 radical (unpaired) electrons. The molecule has 1 aliphatic heterocycles. The van der Waals surface area contributed by atoms with Crippen molar-refractivity contribution in [2.75, 3.05) is 25.4 Å². The van der Waals surface area contributed by atoms with Crippen LogP contribution >= 0.6 is 0 Å². The van der Waals surface area contributed by atoms with E-state index in [2.05, 4.69) is 5.32 Å². The summed E-state index contributed by atoms with van der Waals surface area (Å²) >= 11 is 0. The van der Waals surface area contributed by atoms with Crippen LogP contribution in [0.3, 0.4) is 0 Å². The van der Waals surface area contributed by atoms with Gasteiger partial charge in [0.1, 0.15) is 0 Å². The van der Waals surface area contributed by atoms with Gasteiger partial charge in [-0.25, -0.2) is 12.7 Å². The van der Waals surface area contributed by atoms with Crippen LogP contribution in [0.5, 0.6) is 0 Å². The maximum absolute atomic E-state index is 12.4. The van der Waals surface area contributed by atoms with E-state index >= 15 is 0 Å². The molecule has 0 unspecified atom stereocenters. The molecule has 1 saturated heterocycles. The summed E-state index contributed by atoms with van der Waals surface area (Å²) in [7, 11) is -3.11. The lowest BCUT2D eigenvalue weighted by Crippen LogP contribution is -2.48. The van der Waals surface area contributed by atoms with Crippen molar-refractivity contribution >= 4 is 15.9 Å². The maximum Gasteiger partial charge on any atom is 0.251 e. The van der Waals surface area contributed by atoms with Gasteiger partial charge in [0, 0.05) is 25.2 Å². The molecular formula is C19H28N2O3S. The van der Waals surface area contributed by atoms with Crippen molar-refractivity contribution in [1.82, 2.24) is 9.62 Å². The highest BCUT2D eigenvalue weighted by atomic mass is 32.2. The minimum Gasteiger partial charge on any atom is -0.351 e. The van der Waals surface area contributed by atoms with Crippen molar-refractivity contribution < 1.29 is 13.2 Å². The van der Waals surface area contributed by atoms with Gasteiger partial charge >= 0.3 is 0 Å². The van der Waals surface area contributed by atoms with E-state index in [0.717, 1.165) is 25.2 Å². The number of hydrogen-bond donors (Lipinski definition) is 1. The fraction of sp³-hybridized carbons (Fsp3) is 0.632. The molecule has 138 valence electrons. The number of piperidine rings is 1. The Morgan fingerprint density at radius 2 is 1.84 bits per heavy atom. The zero-order chi connectivity index (χ0) is 17.9. The van der Waals surface area contributed by atoms with Crippen LogP contribution in [0.25, 0.3) is 0 Å². The summed E-state index contributed by atoms with van der Waals surface area (Å²) in [6.07, 6.45) is 5.30. The Labute approximate surface area is 150 Å². The van der Waals surface area contributed by atoms with Crippen LogP contribution in [0, 0.1) is 11.3 Å². The molecule has 0 aromatic heterocycles.